The van der Waals surface area contributed by atoms with Crippen molar-refractivity contribution < 1.29 is 0 Å². The molecule has 1 aromatic rings. The Morgan fingerprint density at radius 3 is 3.36 bits per heavy atom. The Labute approximate surface area is 89.3 Å². The van der Waals surface area contributed by atoms with Crippen LogP contribution in [0.15, 0.2) is 12.5 Å². The standard InChI is InChI=1S/C10H17N3S/c1-2-5-13-8-11-7-9(13)10-12-4-3-6-14-10/h7-8,10,12H,2-6H2,1H3. The highest BCUT2D eigenvalue weighted by atomic mass is 32.2. The molecule has 0 radical (unpaired) electrons. The molecule has 78 valence electrons. The second kappa shape index (κ2) is 4.84. The fourth-order valence-electron chi connectivity index (χ4n) is 1.73. The molecule has 3 nitrogen and oxygen atoms in total. The molecule has 14 heavy (non-hydrogen) atoms. The lowest BCUT2D eigenvalue weighted by Gasteiger charge is -2.23. The number of imidazole rings is 1. The first-order valence-corrected chi connectivity index (χ1v) is 6.31. The maximum Gasteiger partial charge on any atom is 0.0958 e. The summed E-state index contributed by atoms with van der Waals surface area (Å²) in [4.78, 5) is 4.23. The molecule has 1 aliphatic rings. The predicted molar refractivity (Wildman–Crippen MR) is 60.3 cm³/mol. The molecule has 0 aliphatic carbocycles. The summed E-state index contributed by atoms with van der Waals surface area (Å²) >= 11 is 1.99. The summed E-state index contributed by atoms with van der Waals surface area (Å²) in [5.74, 6) is 1.26. The van der Waals surface area contributed by atoms with Crippen LogP contribution in [0.3, 0.4) is 0 Å². The Kier molecular flexibility index (Phi) is 3.48. The first-order valence-electron chi connectivity index (χ1n) is 5.27. The molecule has 1 aromatic heterocycles. The van der Waals surface area contributed by atoms with Crippen LogP contribution in [0.2, 0.25) is 0 Å². The van der Waals surface area contributed by atoms with Gasteiger partial charge < -0.3 is 9.88 Å². The van der Waals surface area contributed by atoms with Crippen molar-refractivity contribution in [3.05, 3.63) is 18.2 Å². The molecule has 1 aliphatic heterocycles. The van der Waals surface area contributed by atoms with Crippen molar-refractivity contribution in [1.29, 1.82) is 0 Å². The van der Waals surface area contributed by atoms with Crippen molar-refractivity contribution in [2.75, 3.05) is 12.3 Å². The van der Waals surface area contributed by atoms with E-state index in [1.165, 1.54) is 24.3 Å². The van der Waals surface area contributed by atoms with Gasteiger partial charge in [-0.3, -0.25) is 0 Å². The summed E-state index contributed by atoms with van der Waals surface area (Å²) < 4.78 is 2.26. The van der Waals surface area contributed by atoms with Gasteiger partial charge in [-0.1, -0.05) is 6.92 Å². The third-order valence-electron chi connectivity index (χ3n) is 2.41. The van der Waals surface area contributed by atoms with Crippen molar-refractivity contribution in [2.45, 2.75) is 31.7 Å². The molecule has 0 aromatic carbocycles. The van der Waals surface area contributed by atoms with Crippen molar-refractivity contribution in [2.24, 2.45) is 0 Å². The van der Waals surface area contributed by atoms with Gasteiger partial charge in [0.15, 0.2) is 0 Å². The molecule has 0 saturated carbocycles. The number of hydrogen-bond acceptors (Lipinski definition) is 3. The van der Waals surface area contributed by atoms with Crippen LogP contribution in [-0.4, -0.2) is 21.8 Å². The molecular weight excluding hydrogens is 194 g/mol. The molecule has 0 bridgehead atoms. The van der Waals surface area contributed by atoms with E-state index < -0.39 is 0 Å². The van der Waals surface area contributed by atoms with E-state index in [4.69, 9.17) is 0 Å². The molecule has 1 saturated heterocycles. The van der Waals surface area contributed by atoms with E-state index in [9.17, 15) is 0 Å². The molecule has 0 spiro atoms. The first-order chi connectivity index (χ1) is 6.92. The highest BCUT2D eigenvalue weighted by Crippen LogP contribution is 2.29. The van der Waals surface area contributed by atoms with Crippen molar-refractivity contribution in [3.63, 3.8) is 0 Å². The zero-order valence-electron chi connectivity index (χ0n) is 8.57. The minimum Gasteiger partial charge on any atom is -0.332 e. The van der Waals surface area contributed by atoms with Crippen molar-refractivity contribution in [1.82, 2.24) is 14.9 Å². The van der Waals surface area contributed by atoms with Crippen LogP contribution in [0.1, 0.15) is 30.8 Å². The van der Waals surface area contributed by atoms with Gasteiger partial charge in [0.05, 0.1) is 23.6 Å². The number of aryl methyl sites for hydroxylation is 1. The smallest absolute Gasteiger partial charge is 0.0958 e. The Morgan fingerprint density at radius 1 is 1.71 bits per heavy atom. The Balaban J connectivity index is 2.09. The second-order valence-corrected chi connectivity index (χ2v) is 4.78. The van der Waals surface area contributed by atoms with Crippen LogP contribution in [-0.2, 0) is 6.54 Å². The summed E-state index contributed by atoms with van der Waals surface area (Å²) in [6, 6.07) is 0. The van der Waals surface area contributed by atoms with Gasteiger partial charge in [-0.05, 0) is 25.1 Å². The molecule has 1 N–H and O–H groups in total. The Bertz CT molecular complexity index is 279. The monoisotopic (exact) mass is 211 g/mol. The van der Waals surface area contributed by atoms with Gasteiger partial charge in [-0.2, -0.15) is 0 Å². The van der Waals surface area contributed by atoms with E-state index in [1.807, 2.05) is 24.3 Å². The molecule has 1 unspecified atom stereocenters. The van der Waals surface area contributed by atoms with E-state index in [2.05, 4.69) is 21.8 Å². The second-order valence-electron chi connectivity index (χ2n) is 3.57. The highest BCUT2D eigenvalue weighted by molar-refractivity contribution is 7.99. The molecular formula is C10H17N3S. The highest BCUT2D eigenvalue weighted by Gasteiger charge is 2.18. The number of hydrogen-bond donors (Lipinski definition) is 1. The van der Waals surface area contributed by atoms with Crippen LogP contribution in [0, 0.1) is 0 Å². The zero-order chi connectivity index (χ0) is 9.80. The predicted octanol–water partition coefficient (Wildman–Crippen LogP) is 2.02. The lowest BCUT2D eigenvalue weighted by molar-refractivity contribution is 0.579. The number of thioether (sulfide) groups is 1. The number of nitrogens with zero attached hydrogens (tertiary/aromatic N) is 2. The molecule has 1 atom stereocenters. The van der Waals surface area contributed by atoms with Crippen LogP contribution >= 0.6 is 11.8 Å². The topological polar surface area (TPSA) is 29.9 Å². The van der Waals surface area contributed by atoms with E-state index in [1.54, 1.807) is 0 Å². The molecule has 4 heteroatoms. The Hall–Kier alpha value is -0.480. The van der Waals surface area contributed by atoms with Crippen molar-refractivity contribution >= 4 is 11.8 Å². The summed E-state index contributed by atoms with van der Waals surface area (Å²) in [5.41, 5.74) is 1.33. The molecule has 2 heterocycles. The minimum absolute atomic E-state index is 0.456. The lowest BCUT2D eigenvalue weighted by atomic mass is 10.4. The van der Waals surface area contributed by atoms with E-state index in [-0.39, 0.29) is 0 Å². The van der Waals surface area contributed by atoms with Gasteiger partial charge in [0.2, 0.25) is 0 Å². The summed E-state index contributed by atoms with van der Waals surface area (Å²) in [6.45, 7) is 4.41. The normalized spacial score (nSPS) is 22.5. The van der Waals surface area contributed by atoms with Gasteiger partial charge in [-0.25, -0.2) is 4.98 Å². The van der Waals surface area contributed by atoms with E-state index in [0.29, 0.717) is 5.37 Å². The summed E-state index contributed by atoms with van der Waals surface area (Å²) in [6.07, 6.45) is 6.38. The number of nitrogens with one attached hydrogen (secondary N) is 1. The lowest BCUT2D eigenvalue weighted by Crippen LogP contribution is -2.27. The van der Waals surface area contributed by atoms with Crippen LogP contribution in [0.5, 0.6) is 0 Å². The maximum absolute atomic E-state index is 4.23. The van der Waals surface area contributed by atoms with E-state index in [0.717, 1.165) is 13.1 Å². The summed E-state index contributed by atoms with van der Waals surface area (Å²) in [5, 5.41) is 3.98. The Morgan fingerprint density at radius 2 is 2.64 bits per heavy atom. The molecule has 0 amide bonds. The average molecular weight is 211 g/mol. The van der Waals surface area contributed by atoms with Crippen LogP contribution in [0.25, 0.3) is 0 Å². The van der Waals surface area contributed by atoms with E-state index >= 15 is 0 Å². The van der Waals surface area contributed by atoms with Gasteiger partial charge in [0.1, 0.15) is 0 Å². The van der Waals surface area contributed by atoms with Gasteiger partial charge in [0.25, 0.3) is 0 Å². The van der Waals surface area contributed by atoms with Gasteiger partial charge >= 0.3 is 0 Å². The number of aromatic nitrogens is 2. The minimum atomic E-state index is 0.456. The molecule has 1 fully saturated rings. The number of rotatable bonds is 3. The fraction of sp³-hybridized carbons (Fsp3) is 0.700. The maximum atomic E-state index is 4.23. The van der Waals surface area contributed by atoms with Gasteiger partial charge in [-0.15, -0.1) is 11.8 Å². The van der Waals surface area contributed by atoms with Gasteiger partial charge in [0, 0.05) is 6.54 Å². The largest absolute Gasteiger partial charge is 0.332 e. The third-order valence-corrected chi connectivity index (χ3v) is 3.68. The average Bonchev–Trinajstić information content (AvgIpc) is 2.68. The SMILES string of the molecule is CCCn1cncc1C1NCCCS1. The fourth-order valence-corrected chi connectivity index (χ4v) is 2.88. The first kappa shape index (κ1) is 10.1. The quantitative estimate of drug-likeness (QED) is 0.829. The zero-order valence-corrected chi connectivity index (χ0v) is 9.39. The van der Waals surface area contributed by atoms with Crippen LogP contribution in [0.4, 0.5) is 0 Å². The third kappa shape index (κ3) is 2.12. The van der Waals surface area contributed by atoms with Crippen molar-refractivity contribution in [3.8, 4) is 0 Å². The van der Waals surface area contributed by atoms with Crippen LogP contribution < -0.4 is 5.32 Å². The summed E-state index contributed by atoms with van der Waals surface area (Å²) in [7, 11) is 0. The molecule has 2 rings (SSSR count).